The van der Waals surface area contributed by atoms with Crippen LogP contribution in [0.3, 0.4) is 0 Å². The Kier molecular flexibility index (Phi) is 4.91. The lowest BCUT2D eigenvalue weighted by Gasteiger charge is -2.46. The zero-order valence-electron chi connectivity index (χ0n) is 14.3. The number of likely N-dealkylation sites (tertiary alicyclic amines) is 1. The van der Waals surface area contributed by atoms with Crippen LogP contribution < -0.4 is 9.47 Å². The largest absolute Gasteiger partial charge is 0.493 e. The first-order valence-corrected chi connectivity index (χ1v) is 8.08. The van der Waals surface area contributed by atoms with E-state index in [1.165, 1.54) is 26.4 Å². The maximum absolute atomic E-state index is 14.4. The van der Waals surface area contributed by atoms with E-state index in [4.69, 9.17) is 14.2 Å². The lowest BCUT2D eigenvalue weighted by Crippen LogP contribution is -2.60. The Balaban J connectivity index is 1.96. The molecule has 132 valence electrons. The third-order valence-electron chi connectivity index (χ3n) is 4.76. The third kappa shape index (κ3) is 2.93. The van der Waals surface area contributed by atoms with Crippen molar-refractivity contribution in [1.82, 2.24) is 9.80 Å². The van der Waals surface area contributed by atoms with Crippen LogP contribution in [0.4, 0.5) is 4.39 Å². The highest BCUT2D eigenvalue weighted by atomic mass is 19.1. The highest BCUT2D eigenvalue weighted by molar-refractivity contribution is 5.98. The zero-order chi connectivity index (χ0) is 17.3. The summed E-state index contributed by atoms with van der Waals surface area (Å²) in [6.07, 6.45) is 0.862. The number of rotatable bonds is 3. The number of morpholine rings is 1. The Labute approximate surface area is 141 Å². The van der Waals surface area contributed by atoms with Gasteiger partial charge < -0.3 is 24.0 Å². The molecule has 0 spiro atoms. The molecule has 2 aliphatic rings. The van der Waals surface area contributed by atoms with Gasteiger partial charge in [-0.25, -0.2) is 4.39 Å². The van der Waals surface area contributed by atoms with Crippen molar-refractivity contribution in [2.24, 2.45) is 0 Å². The van der Waals surface area contributed by atoms with Crippen LogP contribution in [0.15, 0.2) is 12.1 Å². The monoisotopic (exact) mass is 338 g/mol. The number of methoxy groups -OCH3 is 2. The first-order valence-electron chi connectivity index (χ1n) is 8.08. The molecule has 7 heteroatoms. The van der Waals surface area contributed by atoms with Crippen LogP contribution in [0.2, 0.25) is 0 Å². The molecule has 2 saturated heterocycles. The van der Waals surface area contributed by atoms with Gasteiger partial charge in [-0.05, 0) is 25.6 Å². The predicted octanol–water partition coefficient (Wildman–Crippen LogP) is 1.39. The number of fused-ring (bicyclic) bond motifs is 1. The predicted molar refractivity (Wildman–Crippen MR) is 86.2 cm³/mol. The number of hydrogen-bond acceptors (Lipinski definition) is 5. The molecule has 1 aromatic rings. The van der Waals surface area contributed by atoms with Crippen LogP contribution in [0, 0.1) is 5.82 Å². The average molecular weight is 338 g/mol. The molecule has 2 heterocycles. The van der Waals surface area contributed by atoms with E-state index in [1.807, 2.05) is 7.05 Å². The highest BCUT2D eigenvalue weighted by Crippen LogP contribution is 2.35. The van der Waals surface area contributed by atoms with Gasteiger partial charge in [0.1, 0.15) is 11.4 Å². The number of halogens is 1. The lowest BCUT2D eigenvalue weighted by molar-refractivity contribution is -0.0871. The highest BCUT2D eigenvalue weighted by Gasteiger charge is 2.40. The third-order valence-corrected chi connectivity index (χ3v) is 4.76. The number of piperidine rings is 1. The fraction of sp³-hybridized carbons (Fsp3) is 0.588. The molecular weight excluding hydrogens is 315 g/mol. The fourth-order valence-corrected chi connectivity index (χ4v) is 3.53. The van der Waals surface area contributed by atoms with E-state index in [0.29, 0.717) is 25.4 Å². The Morgan fingerprint density at radius 3 is 2.79 bits per heavy atom. The molecule has 0 bridgehead atoms. The Morgan fingerprint density at radius 1 is 1.29 bits per heavy atom. The fourth-order valence-electron chi connectivity index (χ4n) is 3.53. The SMILES string of the molecule is COc1ccc(F)c(C(=O)N2CCO[C@H]3CCN(C)C[C@H]32)c1OC. The summed E-state index contributed by atoms with van der Waals surface area (Å²) in [6, 6.07) is 2.61. The minimum atomic E-state index is -0.607. The standard InChI is InChI=1S/C17H23FN2O4/c1-19-7-6-13-12(10-19)20(8-9-24-13)17(21)15-11(18)4-5-14(22-2)16(15)23-3/h4-5,12-13H,6-10H2,1-3H3/t12-,13+/m1/s1. The molecule has 3 rings (SSSR count). The van der Waals surface area contributed by atoms with Crippen molar-refractivity contribution in [3.8, 4) is 11.5 Å². The molecule has 0 unspecified atom stereocenters. The molecule has 2 aliphatic heterocycles. The number of likely N-dealkylation sites (N-methyl/N-ethyl adjacent to an activating group) is 1. The number of amides is 1. The molecule has 2 fully saturated rings. The van der Waals surface area contributed by atoms with Crippen molar-refractivity contribution in [3.05, 3.63) is 23.5 Å². The molecule has 0 radical (unpaired) electrons. The summed E-state index contributed by atoms with van der Waals surface area (Å²) in [4.78, 5) is 17.0. The molecule has 2 atom stereocenters. The second-order valence-corrected chi connectivity index (χ2v) is 6.18. The van der Waals surface area contributed by atoms with Crippen molar-refractivity contribution < 1.29 is 23.4 Å². The van der Waals surface area contributed by atoms with Crippen LogP contribution in [0.1, 0.15) is 16.8 Å². The van der Waals surface area contributed by atoms with Crippen LogP contribution in [0.25, 0.3) is 0 Å². The topological polar surface area (TPSA) is 51.2 Å². The van der Waals surface area contributed by atoms with Gasteiger partial charge in [-0.15, -0.1) is 0 Å². The van der Waals surface area contributed by atoms with Crippen molar-refractivity contribution in [1.29, 1.82) is 0 Å². The summed E-state index contributed by atoms with van der Waals surface area (Å²) < 4.78 is 30.7. The quantitative estimate of drug-likeness (QED) is 0.834. The van der Waals surface area contributed by atoms with Crippen LogP contribution >= 0.6 is 0 Å². The van der Waals surface area contributed by atoms with Crippen LogP contribution in [-0.4, -0.2) is 75.4 Å². The Hall–Kier alpha value is -1.86. The second kappa shape index (κ2) is 6.94. The van der Waals surface area contributed by atoms with Gasteiger partial charge in [-0.1, -0.05) is 0 Å². The molecule has 6 nitrogen and oxygen atoms in total. The molecule has 0 aliphatic carbocycles. The van der Waals surface area contributed by atoms with Gasteiger partial charge in [0.25, 0.3) is 5.91 Å². The van der Waals surface area contributed by atoms with Crippen molar-refractivity contribution >= 4 is 5.91 Å². The number of nitrogens with zero attached hydrogens (tertiary/aromatic N) is 2. The van der Waals surface area contributed by atoms with Gasteiger partial charge in [-0.2, -0.15) is 0 Å². The van der Waals surface area contributed by atoms with Gasteiger partial charge in [0.15, 0.2) is 11.5 Å². The minimum absolute atomic E-state index is 0.00133. The summed E-state index contributed by atoms with van der Waals surface area (Å²) in [5.74, 6) is -0.510. The Bertz CT molecular complexity index is 625. The molecule has 0 aromatic heterocycles. The maximum atomic E-state index is 14.4. The number of carbonyl (C=O) groups is 1. The number of ether oxygens (including phenoxy) is 3. The van der Waals surface area contributed by atoms with Crippen LogP contribution in [-0.2, 0) is 4.74 Å². The van der Waals surface area contributed by atoms with E-state index in [2.05, 4.69) is 4.90 Å². The van der Waals surface area contributed by atoms with Gasteiger partial charge >= 0.3 is 0 Å². The van der Waals surface area contributed by atoms with Gasteiger partial charge in [0.05, 0.1) is 33.0 Å². The Morgan fingerprint density at radius 2 is 2.08 bits per heavy atom. The summed E-state index contributed by atoms with van der Waals surface area (Å²) >= 11 is 0. The van der Waals surface area contributed by atoms with E-state index in [-0.39, 0.29) is 29.4 Å². The number of carbonyl (C=O) groups excluding carboxylic acids is 1. The smallest absolute Gasteiger partial charge is 0.261 e. The average Bonchev–Trinajstić information content (AvgIpc) is 2.60. The molecule has 1 aromatic carbocycles. The van der Waals surface area contributed by atoms with Crippen molar-refractivity contribution in [2.45, 2.75) is 18.6 Å². The first kappa shape index (κ1) is 17.0. The van der Waals surface area contributed by atoms with Gasteiger partial charge in [0, 0.05) is 19.6 Å². The van der Waals surface area contributed by atoms with E-state index < -0.39 is 5.82 Å². The second-order valence-electron chi connectivity index (χ2n) is 6.18. The maximum Gasteiger partial charge on any atom is 0.261 e. The normalized spacial score (nSPS) is 24.4. The van der Waals surface area contributed by atoms with E-state index in [1.54, 1.807) is 4.90 Å². The zero-order valence-corrected chi connectivity index (χ0v) is 14.3. The van der Waals surface area contributed by atoms with E-state index in [9.17, 15) is 9.18 Å². The summed E-state index contributed by atoms with van der Waals surface area (Å²) in [7, 11) is 4.88. The number of benzene rings is 1. The number of hydrogen-bond donors (Lipinski definition) is 0. The van der Waals surface area contributed by atoms with E-state index >= 15 is 0 Å². The summed E-state index contributed by atoms with van der Waals surface area (Å²) in [6.45, 7) is 2.54. The summed E-state index contributed by atoms with van der Waals surface area (Å²) in [5.41, 5.74) is -0.0780. The first-order chi connectivity index (χ1) is 11.6. The lowest BCUT2D eigenvalue weighted by atomic mass is 9.98. The van der Waals surface area contributed by atoms with Gasteiger partial charge in [-0.3, -0.25) is 4.79 Å². The summed E-state index contributed by atoms with van der Waals surface area (Å²) in [5, 5.41) is 0. The molecular formula is C17H23FN2O4. The molecule has 0 N–H and O–H groups in total. The van der Waals surface area contributed by atoms with Gasteiger partial charge in [0.2, 0.25) is 0 Å². The van der Waals surface area contributed by atoms with Crippen LogP contribution in [0.5, 0.6) is 11.5 Å². The molecule has 24 heavy (non-hydrogen) atoms. The minimum Gasteiger partial charge on any atom is -0.493 e. The van der Waals surface area contributed by atoms with Crippen molar-refractivity contribution in [2.75, 3.05) is 47.5 Å². The molecule has 1 amide bonds. The van der Waals surface area contributed by atoms with Crippen molar-refractivity contribution in [3.63, 3.8) is 0 Å². The molecule has 0 saturated carbocycles. The van der Waals surface area contributed by atoms with E-state index in [0.717, 1.165) is 13.0 Å².